The molecule has 0 aliphatic carbocycles. The number of fused-ring (bicyclic) bond motifs is 3. The van der Waals surface area contributed by atoms with Gasteiger partial charge in [0.1, 0.15) is 0 Å². The molecule has 0 amide bonds. The van der Waals surface area contributed by atoms with Crippen LogP contribution in [0, 0.1) is 0 Å². The minimum absolute atomic E-state index is 0.0911. The van der Waals surface area contributed by atoms with Crippen LogP contribution in [0.5, 0.6) is 34.5 Å². The van der Waals surface area contributed by atoms with E-state index in [1.807, 2.05) is 6.08 Å². The minimum atomic E-state index is -0.0911. The molecule has 174 valence electrons. The molecule has 0 aromatic heterocycles. The van der Waals surface area contributed by atoms with Crippen molar-refractivity contribution in [3.8, 4) is 45.6 Å². The van der Waals surface area contributed by atoms with Gasteiger partial charge >= 0.3 is 0 Å². The molecule has 9 heteroatoms. The summed E-state index contributed by atoms with van der Waals surface area (Å²) in [6.45, 7) is 4.47. The van der Waals surface area contributed by atoms with Crippen LogP contribution >= 0.6 is 31.9 Å². The summed E-state index contributed by atoms with van der Waals surface area (Å²) in [5, 5.41) is 3.62. The lowest BCUT2D eigenvalue weighted by atomic mass is 9.90. The zero-order chi connectivity index (χ0) is 23.6. The van der Waals surface area contributed by atoms with E-state index in [1.165, 1.54) is 0 Å². The zero-order valence-electron chi connectivity index (χ0n) is 19.0. The van der Waals surface area contributed by atoms with Crippen molar-refractivity contribution in [1.82, 2.24) is 5.32 Å². The van der Waals surface area contributed by atoms with Crippen molar-refractivity contribution in [2.75, 3.05) is 42.7 Å². The third-order valence-electron chi connectivity index (χ3n) is 5.50. The van der Waals surface area contributed by atoms with E-state index in [0.29, 0.717) is 47.5 Å². The normalized spacial score (nSPS) is 14.6. The fraction of sp³-hybridized carbons (Fsp3) is 0.391. The van der Waals surface area contributed by atoms with Crippen LogP contribution in [0.15, 0.2) is 21.6 Å². The Bertz CT molecular complexity index is 1040. The summed E-state index contributed by atoms with van der Waals surface area (Å²) in [5.74, 6) is 3.09. The number of nitrogens with one attached hydrogen (secondary N) is 1. The Morgan fingerprint density at radius 1 is 0.750 bits per heavy atom. The van der Waals surface area contributed by atoms with Crippen LogP contribution in [-0.4, -0.2) is 42.7 Å². The third kappa shape index (κ3) is 3.70. The first kappa shape index (κ1) is 24.5. The van der Waals surface area contributed by atoms with Gasteiger partial charge in [-0.3, -0.25) is 0 Å². The highest BCUT2D eigenvalue weighted by Crippen LogP contribution is 2.60. The first-order chi connectivity index (χ1) is 15.4. The number of hydrogen-bond acceptors (Lipinski definition) is 7. The standard InChI is InChI=1S/C23H27Br2NO6/c1-8-9-12-14-15(19(28-3)23(32-7)21(30-5)17(14)25)13-11(10-26-12)16(24)20(29-4)22(31-6)18(13)27-2/h8,12,26H,1,9-10H2,2-7H3. The van der Waals surface area contributed by atoms with Crippen molar-refractivity contribution in [2.24, 2.45) is 0 Å². The van der Waals surface area contributed by atoms with Crippen molar-refractivity contribution < 1.29 is 28.4 Å². The molecule has 1 unspecified atom stereocenters. The predicted molar refractivity (Wildman–Crippen MR) is 131 cm³/mol. The van der Waals surface area contributed by atoms with Gasteiger partial charge in [-0.2, -0.15) is 0 Å². The topological polar surface area (TPSA) is 67.4 Å². The number of rotatable bonds is 8. The summed E-state index contributed by atoms with van der Waals surface area (Å²) in [6, 6.07) is -0.0911. The smallest absolute Gasteiger partial charge is 0.205 e. The van der Waals surface area contributed by atoms with Crippen LogP contribution in [-0.2, 0) is 6.54 Å². The fourth-order valence-electron chi connectivity index (χ4n) is 4.20. The first-order valence-electron chi connectivity index (χ1n) is 9.81. The van der Waals surface area contributed by atoms with E-state index < -0.39 is 0 Å². The second-order valence-corrected chi connectivity index (χ2v) is 8.51. The van der Waals surface area contributed by atoms with Gasteiger partial charge in [0, 0.05) is 23.7 Å². The van der Waals surface area contributed by atoms with Gasteiger partial charge in [0.05, 0.1) is 51.6 Å². The van der Waals surface area contributed by atoms with Gasteiger partial charge in [-0.05, 0) is 49.4 Å². The maximum atomic E-state index is 5.92. The quantitative estimate of drug-likeness (QED) is 0.410. The largest absolute Gasteiger partial charge is 0.492 e. The van der Waals surface area contributed by atoms with Gasteiger partial charge < -0.3 is 33.7 Å². The molecule has 1 heterocycles. The van der Waals surface area contributed by atoms with E-state index in [1.54, 1.807) is 42.7 Å². The average molecular weight is 573 g/mol. The summed E-state index contributed by atoms with van der Waals surface area (Å²) in [4.78, 5) is 0. The molecular formula is C23H27Br2NO6. The van der Waals surface area contributed by atoms with Crippen LogP contribution in [0.4, 0.5) is 0 Å². The molecule has 1 atom stereocenters. The summed E-state index contributed by atoms with van der Waals surface area (Å²) >= 11 is 7.49. The predicted octanol–water partition coefficient (Wildman–Crippen LogP) is 5.65. The maximum Gasteiger partial charge on any atom is 0.205 e. The Balaban J connectivity index is 2.62. The van der Waals surface area contributed by atoms with E-state index in [-0.39, 0.29) is 6.04 Å². The van der Waals surface area contributed by atoms with Gasteiger partial charge in [-0.15, -0.1) is 6.58 Å². The molecule has 0 fully saturated rings. The molecule has 1 N–H and O–H groups in total. The fourth-order valence-corrected chi connectivity index (χ4v) is 5.69. The highest BCUT2D eigenvalue weighted by molar-refractivity contribution is 9.11. The molecule has 2 aromatic carbocycles. The molecule has 1 aliphatic heterocycles. The maximum absolute atomic E-state index is 5.92. The summed E-state index contributed by atoms with van der Waals surface area (Å²) < 4.78 is 36.1. The van der Waals surface area contributed by atoms with E-state index in [4.69, 9.17) is 28.4 Å². The Morgan fingerprint density at radius 2 is 1.22 bits per heavy atom. The molecule has 0 radical (unpaired) electrons. The number of benzene rings is 2. The van der Waals surface area contributed by atoms with Crippen molar-refractivity contribution >= 4 is 31.9 Å². The average Bonchev–Trinajstić information content (AvgIpc) is 2.96. The van der Waals surface area contributed by atoms with Crippen LogP contribution in [0.1, 0.15) is 23.6 Å². The van der Waals surface area contributed by atoms with Crippen LogP contribution in [0.2, 0.25) is 0 Å². The summed E-state index contributed by atoms with van der Waals surface area (Å²) in [7, 11) is 9.56. The lowest BCUT2D eigenvalue weighted by Crippen LogP contribution is -2.20. The highest BCUT2D eigenvalue weighted by atomic mass is 79.9. The SMILES string of the molecule is C=CCC1NCc2c(Br)c(OC)c(OC)c(OC)c2-c2c(OC)c(OC)c(OC)c(Br)c21. The van der Waals surface area contributed by atoms with Gasteiger partial charge in [0.25, 0.3) is 0 Å². The lowest BCUT2D eigenvalue weighted by Gasteiger charge is -2.26. The number of hydrogen-bond donors (Lipinski definition) is 1. The molecule has 3 rings (SSSR count). The molecule has 0 saturated heterocycles. The van der Waals surface area contributed by atoms with Crippen LogP contribution in [0.3, 0.4) is 0 Å². The monoisotopic (exact) mass is 571 g/mol. The van der Waals surface area contributed by atoms with Crippen molar-refractivity contribution in [2.45, 2.75) is 19.0 Å². The molecule has 1 aliphatic rings. The van der Waals surface area contributed by atoms with E-state index in [2.05, 4.69) is 43.8 Å². The third-order valence-corrected chi connectivity index (χ3v) is 7.13. The van der Waals surface area contributed by atoms with Gasteiger partial charge in [0.15, 0.2) is 23.0 Å². The second kappa shape index (κ2) is 10.2. The van der Waals surface area contributed by atoms with Gasteiger partial charge in [0.2, 0.25) is 11.5 Å². The second-order valence-electron chi connectivity index (χ2n) is 6.93. The first-order valence-corrected chi connectivity index (χ1v) is 11.4. The Kier molecular flexibility index (Phi) is 7.84. The van der Waals surface area contributed by atoms with Crippen molar-refractivity contribution in [3.05, 3.63) is 32.7 Å². The van der Waals surface area contributed by atoms with E-state index in [0.717, 1.165) is 31.2 Å². The number of methoxy groups -OCH3 is 6. The van der Waals surface area contributed by atoms with Crippen molar-refractivity contribution in [3.63, 3.8) is 0 Å². The van der Waals surface area contributed by atoms with Gasteiger partial charge in [-0.1, -0.05) is 6.08 Å². The molecule has 2 aromatic rings. The summed E-state index contributed by atoms with van der Waals surface area (Å²) in [6.07, 6.45) is 2.55. The number of halogens is 2. The molecule has 7 nitrogen and oxygen atoms in total. The van der Waals surface area contributed by atoms with E-state index >= 15 is 0 Å². The minimum Gasteiger partial charge on any atom is -0.492 e. The zero-order valence-corrected chi connectivity index (χ0v) is 22.2. The van der Waals surface area contributed by atoms with Crippen LogP contribution in [0.25, 0.3) is 11.1 Å². The Hall–Kier alpha value is -2.10. The summed E-state index contributed by atoms with van der Waals surface area (Å²) in [5.41, 5.74) is 3.49. The molecular weight excluding hydrogens is 546 g/mol. The highest BCUT2D eigenvalue weighted by Gasteiger charge is 2.37. The van der Waals surface area contributed by atoms with Gasteiger partial charge in [-0.25, -0.2) is 0 Å². The Morgan fingerprint density at radius 3 is 1.69 bits per heavy atom. The van der Waals surface area contributed by atoms with Crippen molar-refractivity contribution in [1.29, 1.82) is 0 Å². The van der Waals surface area contributed by atoms with E-state index in [9.17, 15) is 0 Å². The lowest BCUT2D eigenvalue weighted by molar-refractivity contribution is 0.320. The Labute approximate surface area is 205 Å². The molecule has 0 bridgehead atoms. The van der Waals surface area contributed by atoms with Crippen LogP contribution < -0.4 is 33.7 Å². The molecule has 32 heavy (non-hydrogen) atoms. The molecule has 0 saturated carbocycles. The number of ether oxygens (including phenoxy) is 6. The molecule has 0 spiro atoms.